The number of pyridine rings is 1. The van der Waals surface area contributed by atoms with Crippen molar-refractivity contribution in [3.8, 4) is 11.8 Å². The van der Waals surface area contributed by atoms with Crippen molar-refractivity contribution in [3.63, 3.8) is 0 Å². The van der Waals surface area contributed by atoms with Crippen molar-refractivity contribution in [1.29, 1.82) is 5.26 Å². The highest BCUT2D eigenvalue weighted by molar-refractivity contribution is 5.94. The summed E-state index contributed by atoms with van der Waals surface area (Å²) in [5.41, 5.74) is 3.01. The van der Waals surface area contributed by atoms with Crippen molar-refractivity contribution in [2.75, 3.05) is 19.0 Å². The van der Waals surface area contributed by atoms with Crippen LogP contribution in [0.4, 0.5) is 11.5 Å². The molecule has 0 bridgehead atoms. The van der Waals surface area contributed by atoms with Gasteiger partial charge in [0.2, 0.25) is 0 Å². The summed E-state index contributed by atoms with van der Waals surface area (Å²) in [5.74, 6) is 1.26. The largest absolute Gasteiger partial charge is 0.497 e. The summed E-state index contributed by atoms with van der Waals surface area (Å²) < 4.78 is 5.20. The Labute approximate surface area is 163 Å². The minimum Gasteiger partial charge on any atom is -0.497 e. The number of carbonyl (C=O) groups excluding carboxylic acids is 1. The van der Waals surface area contributed by atoms with Gasteiger partial charge in [-0.15, -0.1) is 0 Å². The van der Waals surface area contributed by atoms with Gasteiger partial charge < -0.3 is 15.4 Å². The summed E-state index contributed by atoms with van der Waals surface area (Å²) in [6, 6.07) is 20.4. The number of nitrogens with zero attached hydrogens (tertiary/aromatic N) is 2. The number of rotatable bonds is 7. The van der Waals surface area contributed by atoms with Crippen molar-refractivity contribution in [2.45, 2.75) is 6.42 Å². The van der Waals surface area contributed by atoms with E-state index in [1.807, 2.05) is 24.3 Å². The highest BCUT2D eigenvalue weighted by Crippen LogP contribution is 2.15. The van der Waals surface area contributed by atoms with Crippen LogP contribution < -0.4 is 15.4 Å². The second-order valence-electron chi connectivity index (χ2n) is 6.10. The van der Waals surface area contributed by atoms with Gasteiger partial charge >= 0.3 is 0 Å². The molecule has 28 heavy (non-hydrogen) atoms. The lowest BCUT2D eigenvalue weighted by atomic mass is 10.1. The van der Waals surface area contributed by atoms with E-state index in [2.05, 4.69) is 21.7 Å². The first-order valence-electron chi connectivity index (χ1n) is 8.82. The molecule has 0 unspecified atom stereocenters. The third kappa shape index (κ3) is 5.08. The molecule has 6 nitrogen and oxygen atoms in total. The maximum atomic E-state index is 12.3. The molecule has 0 aliphatic rings. The fraction of sp³-hybridized carbons (Fsp3) is 0.136. The number of nitriles is 1. The number of carbonyl (C=O) groups is 1. The van der Waals surface area contributed by atoms with Crippen LogP contribution in [0, 0.1) is 11.3 Å². The number of hydrogen-bond donors (Lipinski definition) is 2. The number of ether oxygens (including phenoxy) is 1. The molecule has 2 aromatic carbocycles. The van der Waals surface area contributed by atoms with Gasteiger partial charge in [0, 0.05) is 18.4 Å². The number of methoxy groups -OCH3 is 1. The number of hydrogen-bond acceptors (Lipinski definition) is 5. The highest BCUT2D eigenvalue weighted by Gasteiger charge is 2.06. The van der Waals surface area contributed by atoms with Gasteiger partial charge in [0.25, 0.3) is 5.91 Å². The quantitative estimate of drug-likeness (QED) is 0.661. The molecule has 0 aliphatic carbocycles. The molecule has 6 heteroatoms. The number of benzene rings is 2. The molecule has 0 atom stereocenters. The van der Waals surface area contributed by atoms with Crippen molar-refractivity contribution >= 4 is 17.4 Å². The van der Waals surface area contributed by atoms with Gasteiger partial charge in [0.1, 0.15) is 11.6 Å². The van der Waals surface area contributed by atoms with Crippen LogP contribution >= 0.6 is 0 Å². The molecule has 3 aromatic rings. The fourth-order valence-electron chi connectivity index (χ4n) is 2.63. The Morgan fingerprint density at radius 3 is 2.64 bits per heavy atom. The van der Waals surface area contributed by atoms with E-state index in [1.54, 1.807) is 43.5 Å². The molecule has 1 heterocycles. The van der Waals surface area contributed by atoms with Crippen LogP contribution in [0.15, 0.2) is 66.9 Å². The van der Waals surface area contributed by atoms with Crippen LogP contribution in [-0.2, 0) is 6.42 Å². The molecule has 0 radical (unpaired) electrons. The third-order valence-electron chi connectivity index (χ3n) is 4.15. The smallest absolute Gasteiger partial charge is 0.252 e. The SMILES string of the molecule is COc1cccc(CCNC(=O)c2ccc(Nc3ccc(C#N)cc3)nc2)c1. The maximum absolute atomic E-state index is 12.3. The van der Waals surface area contributed by atoms with Gasteiger partial charge in [-0.25, -0.2) is 4.98 Å². The van der Waals surface area contributed by atoms with E-state index in [0.717, 1.165) is 17.0 Å². The van der Waals surface area contributed by atoms with Gasteiger partial charge in [0.05, 0.1) is 24.3 Å². The molecule has 0 saturated heterocycles. The van der Waals surface area contributed by atoms with Gasteiger partial charge in [-0.05, 0) is 60.5 Å². The minimum atomic E-state index is -0.166. The zero-order valence-electron chi connectivity index (χ0n) is 15.5. The van der Waals surface area contributed by atoms with Crippen molar-refractivity contribution in [1.82, 2.24) is 10.3 Å². The topological polar surface area (TPSA) is 87.0 Å². The van der Waals surface area contributed by atoms with Crippen LogP contribution in [0.25, 0.3) is 0 Å². The Balaban J connectivity index is 1.52. The van der Waals surface area contributed by atoms with E-state index in [-0.39, 0.29) is 5.91 Å². The van der Waals surface area contributed by atoms with E-state index in [4.69, 9.17) is 10.00 Å². The number of nitrogens with one attached hydrogen (secondary N) is 2. The minimum absolute atomic E-state index is 0.166. The zero-order valence-corrected chi connectivity index (χ0v) is 15.5. The van der Waals surface area contributed by atoms with Gasteiger partial charge in [-0.1, -0.05) is 12.1 Å². The predicted octanol–water partition coefficient (Wildman–Crippen LogP) is 3.68. The number of aromatic nitrogens is 1. The molecule has 0 fully saturated rings. The summed E-state index contributed by atoms with van der Waals surface area (Å²) in [6.45, 7) is 0.525. The highest BCUT2D eigenvalue weighted by atomic mass is 16.5. The first-order chi connectivity index (χ1) is 13.7. The monoisotopic (exact) mass is 372 g/mol. The van der Waals surface area contributed by atoms with E-state index in [1.165, 1.54) is 6.20 Å². The van der Waals surface area contributed by atoms with E-state index in [9.17, 15) is 4.79 Å². The van der Waals surface area contributed by atoms with Crippen LogP contribution in [0.5, 0.6) is 5.75 Å². The average molecular weight is 372 g/mol. The predicted molar refractivity (Wildman–Crippen MR) is 108 cm³/mol. The Morgan fingerprint density at radius 1 is 1.14 bits per heavy atom. The molecule has 0 saturated carbocycles. The summed E-state index contributed by atoms with van der Waals surface area (Å²) >= 11 is 0. The van der Waals surface area contributed by atoms with Crippen molar-refractivity contribution in [3.05, 3.63) is 83.6 Å². The summed E-state index contributed by atoms with van der Waals surface area (Å²) in [5, 5.41) is 14.9. The molecular formula is C22H20N4O2. The number of amides is 1. The second kappa shape index (κ2) is 9.19. The lowest BCUT2D eigenvalue weighted by Crippen LogP contribution is -2.25. The van der Waals surface area contributed by atoms with Gasteiger partial charge in [-0.2, -0.15) is 5.26 Å². The van der Waals surface area contributed by atoms with Crippen molar-refractivity contribution in [2.24, 2.45) is 0 Å². The first kappa shape index (κ1) is 18.9. The fourth-order valence-corrected chi connectivity index (χ4v) is 2.63. The molecule has 1 amide bonds. The van der Waals surface area contributed by atoms with Crippen LogP contribution in [0.2, 0.25) is 0 Å². The normalized spacial score (nSPS) is 10.0. The molecule has 0 aliphatic heterocycles. The second-order valence-corrected chi connectivity index (χ2v) is 6.10. The maximum Gasteiger partial charge on any atom is 0.252 e. The Bertz CT molecular complexity index is 977. The van der Waals surface area contributed by atoms with E-state index in [0.29, 0.717) is 29.9 Å². The zero-order chi connectivity index (χ0) is 19.8. The first-order valence-corrected chi connectivity index (χ1v) is 8.82. The summed E-state index contributed by atoms with van der Waals surface area (Å²) in [6.07, 6.45) is 2.25. The molecule has 2 N–H and O–H groups in total. The van der Waals surface area contributed by atoms with Crippen LogP contribution in [0.1, 0.15) is 21.5 Å². The van der Waals surface area contributed by atoms with Gasteiger partial charge in [-0.3, -0.25) is 4.79 Å². The summed E-state index contributed by atoms with van der Waals surface area (Å²) in [7, 11) is 1.63. The lowest BCUT2D eigenvalue weighted by Gasteiger charge is -2.08. The third-order valence-corrected chi connectivity index (χ3v) is 4.15. The molecular weight excluding hydrogens is 352 g/mol. The van der Waals surface area contributed by atoms with E-state index >= 15 is 0 Å². The molecule has 140 valence electrons. The summed E-state index contributed by atoms with van der Waals surface area (Å²) in [4.78, 5) is 16.5. The Hall–Kier alpha value is -3.85. The van der Waals surface area contributed by atoms with Crippen molar-refractivity contribution < 1.29 is 9.53 Å². The standard InChI is InChI=1S/C22H20N4O2/c1-28-20-4-2-3-16(13-20)11-12-24-22(27)18-7-10-21(25-15-18)26-19-8-5-17(14-23)6-9-19/h2-10,13,15H,11-12H2,1H3,(H,24,27)(H,25,26). The Kier molecular flexibility index (Phi) is 6.21. The average Bonchev–Trinajstić information content (AvgIpc) is 2.75. The van der Waals surface area contributed by atoms with Crippen LogP contribution in [0.3, 0.4) is 0 Å². The molecule has 1 aromatic heterocycles. The molecule has 0 spiro atoms. The lowest BCUT2D eigenvalue weighted by molar-refractivity contribution is 0.0954. The molecule has 3 rings (SSSR count). The van der Waals surface area contributed by atoms with E-state index < -0.39 is 0 Å². The Morgan fingerprint density at radius 2 is 1.96 bits per heavy atom. The number of anilines is 2. The van der Waals surface area contributed by atoms with Crippen LogP contribution in [-0.4, -0.2) is 24.5 Å². The van der Waals surface area contributed by atoms with Gasteiger partial charge in [0.15, 0.2) is 0 Å².